The van der Waals surface area contributed by atoms with E-state index in [1.54, 1.807) is 18.5 Å². The van der Waals surface area contributed by atoms with E-state index in [9.17, 15) is 4.79 Å². The Morgan fingerprint density at radius 1 is 1.30 bits per heavy atom. The molecule has 27 heavy (non-hydrogen) atoms. The Kier molecular flexibility index (Phi) is 5.31. The average Bonchev–Trinajstić information content (AvgIpc) is 3.13. The Balaban J connectivity index is 1.37. The quantitative estimate of drug-likeness (QED) is 0.679. The normalized spacial score (nSPS) is 16.0. The second kappa shape index (κ2) is 8.02. The molecule has 3 heterocycles. The van der Waals surface area contributed by atoms with Gasteiger partial charge < -0.3 is 10.1 Å². The molecule has 1 unspecified atom stereocenters. The fourth-order valence-electron chi connectivity index (χ4n) is 3.07. The lowest BCUT2D eigenvalue weighted by atomic mass is 10.1. The third-order valence-electron chi connectivity index (χ3n) is 4.53. The van der Waals surface area contributed by atoms with Crippen molar-refractivity contribution < 1.29 is 9.53 Å². The van der Waals surface area contributed by atoms with Gasteiger partial charge in [0.25, 0.3) is 5.91 Å². The van der Waals surface area contributed by atoms with Crippen LogP contribution in [0.25, 0.3) is 0 Å². The van der Waals surface area contributed by atoms with Gasteiger partial charge in [0, 0.05) is 23.4 Å². The molecule has 0 radical (unpaired) electrons. The van der Waals surface area contributed by atoms with Gasteiger partial charge in [-0.2, -0.15) is 5.10 Å². The van der Waals surface area contributed by atoms with Gasteiger partial charge in [-0.1, -0.05) is 34.1 Å². The molecular formula is C20H19BrN4O2. The molecule has 0 spiro atoms. The molecule has 3 aromatic rings. The standard InChI is InChI=1S/C20H19BrN4O2/c21-16-5-3-15(4-6-16)19-12-25-17(13-27-19)10-18(24-25)20(26)23-9-7-14-2-1-8-22-11-14/h1-6,8,10-11,19H,7,9,12-13H2,(H,23,26). The fourth-order valence-corrected chi connectivity index (χ4v) is 3.34. The van der Waals surface area contributed by atoms with E-state index < -0.39 is 0 Å². The van der Waals surface area contributed by atoms with E-state index in [4.69, 9.17) is 4.74 Å². The molecule has 6 nitrogen and oxygen atoms in total. The van der Waals surface area contributed by atoms with Crippen LogP contribution in [0.5, 0.6) is 0 Å². The second-order valence-electron chi connectivity index (χ2n) is 6.42. The van der Waals surface area contributed by atoms with E-state index in [0.717, 1.165) is 27.7 Å². The molecule has 0 saturated heterocycles. The molecule has 0 saturated carbocycles. The van der Waals surface area contributed by atoms with Crippen molar-refractivity contribution in [2.75, 3.05) is 6.54 Å². The number of carbonyl (C=O) groups excluding carboxylic acids is 1. The highest BCUT2D eigenvalue weighted by Gasteiger charge is 2.24. The molecule has 1 N–H and O–H groups in total. The largest absolute Gasteiger partial charge is 0.365 e. The summed E-state index contributed by atoms with van der Waals surface area (Å²) in [6, 6.07) is 13.8. The number of hydrogen-bond acceptors (Lipinski definition) is 4. The van der Waals surface area contributed by atoms with Gasteiger partial charge in [-0.15, -0.1) is 0 Å². The number of hydrogen-bond donors (Lipinski definition) is 1. The third kappa shape index (κ3) is 4.26. The number of amides is 1. The summed E-state index contributed by atoms with van der Waals surface area (Å²) in [4.78, 5) is 16.5. The summed E-state index contributed by atoms with van der Waals surface area (Å²) in [5, 5.41) is 7.39. The first-order valence-corrected chi connectivity index (χ1v) is 9.59. The van der Waals surface area contributed by atoms with Gasteiger partial charge in [-0.05, 0) is 41.8 Å². The van der Waals surface area contributed by atoms with E-state index >= 15 is 0 Å². The Morgan fingerprint density at radius 2 is 2.15 bits per heavy atom. The summed E-state index contributed by atoms with van der Waals surface area (Å²) < 4.78 is 8.85. The van der Waals surface area contributed by atoms with Crippen LogP contribution in [-0.4, -0.2) is 27.2 Å². The molecule has 1 aliphatic heterocycles. The molecule has 0 bridgehead atoms. The number of ether oxygens (including phenoxy) is 1. The maximum Gasteiger partial charge on any atom is 0.271 e. The number of rotatable bonds is 5. The van der Waals surface area contributed by atoms with Gasteiger partial charge >= 0.3 is 0 Å². The molecule has 1 aromatic carbocycles. The highest BCUT2D eigenvalue weighted by Crippen LogP contribution is 2.27. The van der Waals surface area contributed by atoms with Gasteiger partial charge in [0.2, 0.25) is 0 Å². The second-order valence-corrected chi connectivity index (χ2v) is 7.34. The van der Waals surface area contributed by atoms with Crippen molar-refractivity contribution in [2.45, 2.75) is 25.7 Å². The molecule has 0 fully saturated rings. The molecule has 1 atom stereocenters. The Bertz CT molecular complexity index is 925. The first-order valence-electron chi connectivity index (χ1n) is 8.80. The first-order chi connectivity index (χ1) is 13.2. The van der Waals surface area contributed by atoms with Crippen molar-refractivity contribution in [2.24, 2.45) is 0 Å². The van der Waals surface area contributed by atoms with E-state index in [1.165, 1.54) is 0 Å². The van der Waals surface area contributed by atoms with Crippen LogP contribution < -0.4 is 5.32 Å². The molecule has 0 aliphatic carbocycles. The lowest BCUT2D eigenvalue weighted by Crippen LogP contribution is -2.26. The summed E-state index contributed by atoms with van der Waals surface area (Å²) in [6.45, 7) is 1.58. The molecule has 138 valence electrons. The van der Waals surface area contributed by atoms with Crippen molar-refractivity contribution in [1.82, 2.24) is 20.1 Å². The van der Waals surface area contributed by atoms with E-state index in [2.05, 4.69) is 31.3 Å². The number of carbonyl (C=O) groups is 1. The molecule has 1 aliphatic rings. The SMILES string of the molecule is O=C(NCCc1cccnc1)c1cc2n(n1)CC(c1ccc(Br)cc1)OC2. The van der Waals surface area contributed by atoms with Crippen molar-refractivity contribution in [3.8, 4) is 0 Å². The van der Waals surface area contributed by atoms with E-state index in [0.29, 0.717) is 25.4 Å². The van der Waals surface area contributed by atoms with Gasteiger partial charge in [-0.3, -0.25) is 14.5 Å². The minimum atomic E-state index is -0.166. The molecule has 7 heteroatoms. The minimum absolute atomic E-state index is 0.0630. The monoisotopic (exact) mass is 426 g/mol. The number of pyridine rings is 1. The zero-order chi connectivity index (χ0) is 18.6. The zero-order valence-corrected chi connectivity index (χ0v) is 16.2. The Hall–Kier alpha value is -2.51. The van der Waals surface area contributed by atoms with Gasteiger partial charge in [0.15, 0.2) is 5.69 Å². The van der Waals surface area contributed by atoms with Gasteiger partial charge in [0.1, 0.15) is 6.10 Å². The molecule has 4 rings (SSSR count). The molecule has 1 amide bonds. The van der Waals surface area contributed by atoms with Crippen LogP contribution in [0.3, 0.4) is 0 Å². The summed E-state index contributed by atoms with van der Waals surface area (Å²) >= 11 is 3.44. The molecule has 2 aromatic heterocycles. The maximum atomic E-state index is 12.4. The average molecular weight is 427 g/mol. The van der Waals surface area contributed by atoms with Crippen LogP contribution in [-0.2, 0) is 24.3 Å². The Morgan fingerprint density at radius 3 is 2.93 bits per heavy atom. The highest BCUT2D eigenvalue weighted by atomic mass is 79.9. The predicted octanol–water partition coefficient (Wildman–Crippen LogP) is 3.28. The van der Waals surface area contributed by atoms with Crippen LogP contribution in [0.15, 0.2) is 59.3 Å². The van der Waals surface area contributed by atoms with Crippen molar-refractivity contribution in [3.05, 3.63) is 81.8 Å². The van der Waals surface area contributed by atoms with Crippen molar-refractivity contribution >= 4 is 21.8 Å². The lowest BCUT2D eigenvalue weighted by molar-refractivity contribution is -0.00120. The summed E-state index contributed by atoms with van der Waals surface area (Å²) in [7, 11) is 0. The van der Waals surface area contributed by atoms with Gasteiger partial charge in [0.05, 0.1) is 18.8 Å². The van der Waals surface area contributed by atoms with Crippen LogP contribution in [0, 0.1) is 0 Å². The smallest absolute Gasteiger partial charge is 0.271 e. The Labute approximate surface area is 165 Å². The maximum absolute atomic E-state index is 12.4. The number of nitrogens with one attached hydrogen (secondary N) is 1. The van der Waals surface area contributed by atoms with Crippen molar-refractivity contribution in [1.29, 1.82) is 0 Å². The number of benzene rings is 1. The molecular weight excluding hydrogens is 408 g/mol. The highest BCUT2D eigenvalue weighted by molar-refractivity contribution is 9.10. The topological polar surface area (TPSA) is 69.0 Å². The number of halogens is 1. The summed E-state index contributed by atoms with van der Waals surface area (Å²) in [6.07, 6.45) is 4.22. The van der Waals surface area contributed by atoms with Crippen LogP contribution in [0.2, 0.25) is 0 Å². The number of nitrogens with zero attached hydrogens (tertiary/aromatic N) is 3. The minimum Gasteiger partial charge on any atom is -0.365 e. The predicted molar refractivity (Wildman–Crippen MR) is 104 cm³/mol. The summed E-state index contributed by atoms with van der Waals surface area (Å²) in [5.41, 5.74) is 3.53. The van der Waals surface area contributed by atoms with Gasteiger partial charge in [-0.25, -0.2) is 0 Å². The third-order valence-corrected chi connectivity index (χ3v) is 5.06. The van der Waals surface area contributed by atoms with Crippen LogP contribution in [0.4, 0.5) is 0 Å². The van der Waals surface area contributed by atoms with Crippen LogP contribution in [0.1, 0.15) is 33.4 Å². The van der Waals surface area contributed by atoms with Crippen molar-refractivity contribution in [3.63, 3.8) is 0 Å². The first kappa shape index (κ1) is 17.9. The fraction of sp³-hybridized carbons (Fsp3) is 0.250. The number of fused-ring (bicyclic) bond motifs is 1. The number of aromatic nitrogens is 3. The zero-order valence-electron chi connectivity index (χ0n) is 14.6. The lowest BCUT2D eigenvalue weighted by Gasteiger charge is -2.24. The van der Waals surface area contributed by atoms with E-state index in [1.807, 2.05) is 41.1 Å². The summed E-state index contributed by atoms with van der Waals surface area (Å²) in [5.74, 6) is -0.166. The van der Waals surface area contributed by atoms with Crippen LogP contribution >= 0.6 is 15.9 Å². The van der Waals surface area contributed by atoms with E-state index in [-0.39, 0.29) is 12.0 Å².